The third-order valence-electron chi connectivity index (χ3n) is 5.72. The number of carbonyl (C=O) groups excluding carboxylic acids is 1. The lowest BCUT2D eigenvalue weighted by molar-refractivity contribution is -0.117. The van der Waals surface area contributed by atoms with Gasteiger partial charge in [-0.2, -0.15) is 0 Å². The van der Waals surface area contributed by atoms with E-state index in [2.05, 4.69) is 49.2 Å². The van der Waals surface area contributed by atoms with Gasteiger partial charge in [-0.15, -0.1) is 15.7 Å². The van der Waals surface area contributed by atoms with E-state index in [9.17, 15) is 14.1 Å². The molecule has 0 radical (unpaired) electrons. The fourth-order valence-corrected chi connectivity index (χ4v) is 6.30. The van der Waals surface area contributed by atoms with Crippen LogP contribution in [0.15, 0.2) is 45.2 Å². The van der Waals surface area contributed by atoms with E-state index in [0.29, 0.717) is 14.9 Å². The zero-order valence-electron chi connectivity index (χ0n) is 21.1. The van der Waals surface area contributed by atoms with Crippen molar-refractivity contribution in [3.8, 4) is 11.1 Å². The number of nitrogens with zero attached hydrogens (tertiary/aromatic N) is 2. The van der Waals surface area contributed by atoms with E-state index in [1.54, 1.807) is 19.9 Å². The van der Waals surface area contributed by atoms with E-state index in [1.807, 2.05) is 12.1 Å². The Hall–Kier alpha value is -1.81. The van der Waals surface area contributed by atoms with Gasteiger partial charge in [0.15, 0.2) is 9.92 Å². The van der Waals surface area contributed by atoms with Gasteiger partial charge in [-0.3, -0.25) is 4.79 Å². The Balaban J connectivity index is 2.05. The summed E-state index contributed by atoms with van der Waals surface area (Å²) in [6.07, 6.45) is 1.36. The zero-order valence-corrected chi connectivity index (χ0v) is 24.3. The second-order valence-corrected chi connectivity index (χ2v) is 13.7. The summed E-state index contributed by atoms with van der Waals surface area (Å²) in [5.74, 6) is -0.360. The lowest BCUT2D eigenvalue weighted by Gasteiger charge is -2.21. The molecule has 0 aliphatic heterocycles. The summed E-state index contributed by atoms with van der Waals surface area (Å²) in [6.45, 7) is 11.4. The molecule has 1 atom stereocenters. The number of aliphatic hydroxyl groups is 1. The van der Waals surface area contributed by atoms with Crippen LogP contribution in [0.25, 0.3) is 11.1 Å². The topological polar surface area (TPSA) is 106 Å². The summed E-state index contributed by atoms with van der Waals surface area (Å²) in [5.41, 5.74) is 3.57. The largest absolute Gasteiger partial charge is 0.385 e. The number of halogens is 2. The molecule has 3 aromatic rings. The quantitative estimate of drug-likeness (QED) is 0.318. The molecule has 3 N–H and O–H groups in total. The van der Waals surface area contributed by atoms with Crippen molar-refractivity contribution in [3.63, 3.8) is 0 Å². The molecule has 1 aromatic heterocycles. The number of thiazole rings is 1. The average molecular weight is 569 g/mol. The standard InChI is InChI=1S/C26H31Cl2N3O3S2/c1-14(2)18-9-17(16-7-8-21(27)22(28)11-16)10-19(15(3)4)20(18)12-24(32)31-36(29,34)25-30-13-23(35-25)26(5,6)33/h7-11,13-15,33H,12H2,1-6H3,(H2,29,31,32,34). The summed E-state index contributed by atoms with van der Waals surface area (Å²) in [6, 6.07) is 9.60. The highest BCUT2D eigenvalue weighted by Crippen LogP contribution is 2.36. The van der Waals surface area contributed by atoms with Crippen LogP contribution < -0.4 is 5.14 Å². The van der Waals surface area contributed by atoms with Crippen LogP contribution in [-0.4, -0.2) is 20.2 Å². The highest BCUT2D eigenvalue weighted by atomic mass is 35.5. The van der Waals surface area contributed by atoms with Gasteiger partial charge >= 0.3 is 0 Å². The molecule has 10 heteroatoms. The molecule has 0 saturated carbocycles. The van der Waals surface area contributed by atoms with E-state index in [4.69, 9.17) is 28.3 Å². The molecule has 0 saturated heterocycles. The highest BCUT2D eigenvalue weighted by molar-refractivity contribution is 7.93. The van der Waals surface area contributed by atoms with E-state index in [0.717, 1.165) is 39.2 Å². The van der Waals surface area contributed by atoms with Crippen molar-refractivity contribution < 1.29 is 14.1 Å². The van der Waals surface area contributed by atoms with Crippen molar-refractivity contribution in [2.45, 2.75) is 69.7 Å². The number of hydrogen-bond donors (Lipinski definition) is 2. The molecule has 6 nitrogen and oxygen atoms in total. The molecule has 1 heterocycles. The summed E-state index contributed by atoms with van der Waals surface area (Å²) < 4.78 is 17.0. The van der Waals surface area contributed by atoms with Crippen LogP contribution in [0.4, 0.5) is 0 Å². The first-order chi connectivity index (χ1) is 16.6. The fraction of sp³-hybridized carbons (Fsp3) is 0.385. The Labute approximate surface area is 227 Å². The maximum atomic E-state index is 13.1. The van der Waals surface area contributed by atoms with Gasteiger partial charge in [-0.25, -0.2) is 14.3 Å². The molecular formula is C26H31Cl2N3O3S2. The average Bonchev–Trinajstić information content (AvgIpc) is 3.27. The third-order valence-corrected chi connectivity index (χ3v) is 9.61. The van der Waals surface area contributed by atoms with Crippen molar-refractivity contribution in [1.29, 1.82) is 0 Å². The number of amides is 1. The maximum absolute atomic E-state index is 13.1. The van der Waals surface area contributed by atoms with Crippen LogP contribution in [0.5, 0.6) is 0 Å². The summed E-state index contributed by atoms with van der Waals surface area (Å²) in [4.78, 5) is 17.6. The fourth-order valence-electron chi connectivity index (χ4n) is 3.84. The van der Waals surface area contributed by atoms with Gasteiger partial charge in [0.05, 0.1) is 26.9 Å². The van der Waals surface area contributed by atoms with Gasteiger partial charge in [0.2, 0.25) is 4.34 Å². The summed E-state index contributed by atoms with van der Waals surface area (Å²) >= 11 is 13.4. The first-order valence-electron chi connectivity index (χ1n) is 11.5. The lowest BCUT2D eigenvalue weighted by atomic mass is 9.84. The van der Waals surface area contributed by atoms with E-state index < -0.39 is 21.4 Å². The lowest BCUT2D eigenvalue weighted by Crippen LogP contribution is -2.17. The normalized spacial score (nSPS) is 13.8. The van der Waals surface area contributed by atoms with Gasteiger partial charge in [0, 0.05) is 6.20 Å². The zero-order chi connectivity index (χ0) is 27.0. The van der Waals surface area contributed by atoms with Crippen LogP contribution >= 0.6 is 34.5 Å². The molecule has 0 spiro atoms. The Morgan fingerprint density at radius 2 is 1.67 bits per heavy atom. The van der Waals surface area contributed by atoms with Gasteiger partial charge in [0.1, 0.15) is 0 Å². The summed E-state index contributed by atoms with van der Waals surface area (Å²) in [7, 11) is -3.55. The van der Waals surface area contributed by atoms with E-state index in [-0.39, 0.29) is 22.6 Å². The smallest absolute Gasteiger partial charge is 0.259 e. The van der Waals surface area contributed by atoms with Crippen molar-refractivity contribution in [2.24, 2.45) is 9.50 Å². The number of aromatic nitrogens is 1. The monoisotopic (exact) mass is 567 g/mol. The second kappa shape index (κ2) is 10.9. The number of carbonyl (C=O) groups is 1. The molecule has 3 rings (SSSR count). The summed E-state index contributed by atoms with van der Waals surface area (Å²) in [5, 5.41) is 17.1. The van der Waals surface area contributed by atoms with Gasteiger partial charge in [-0.05, 0) is 65.6 Å². The van der Waals surface area contributed by atoms with Gasteiger partial charge in [-0.1, -0.05) is 69.1 Å². The van der Waals surface area contributed by atoms with E-state index in [1.165, 1.54) is 6.20 Å². The minimum atomic E-state index is -3.55. The molecule has 194 valence electrons. The SMILES string of the molecule is CC(C)c1cc(-c2ccc(Cl)c(Cl)c2)cc(C(C)C)c1CC(=O)N=S(N)(=O)c1ncc(C(C)(C)O)s1. The van der Waals surface area contributed by atoms with Crippen LogP contribution in [-0.2, 0) is 26.7 Å². The molecule has 2 aromatic carbocycles. The van der Waals surface area contributed by atoms with Crippen molar-refractivity contribution in [3.05, 3.63) is 68.1 Å². The number of nitrogens with two attached hydrogens (primary N) is 1. The molecule has 0 aliphatic rings. The Bertz CT molecular complexity index is 1390. The van der Waals surface area contributed by atoms with E-state index >= 15 is 0 Å². The Morgan fingerprint density at radius 1 is 1.08 bits per heavy atom. The van der Waals surface area contributed by atoms with Crippen LogP contribution in [0.2, 0.25) is 10.0 Å². The molecule has 0 aliphatic carbocycles. The minimum absolute atomic E-state index is 0.0103. The van der Waals surface area contributed by atoms with Crippen LogP contribution in [0.1, 0.15) is 74.9 Å². The Kier molecular flexibility index (Phi) is 8.70. The number of hydrogen-bond acceptors (Lipinski definition) is 5. The molecule has 0 bridgehead atoms. The first kappa shape index (κ1) is 28.8. The second-order valence-electron chi connectivity index (χ2n) is 9.85. The van der Waals surface area contributed by atoms with Crippen molar-refractivity contribution in [2.75, 3.05) is 0 Å². The number of rotatable bonds is 7. The third kappa shape index (κ3) is 6.54. The minimum Gasteiger partial charge on any atom is -0.385 e. The first-order valence-corrected chi connectivity index (χ1v) is 14.6. The maximum Gasteiger partial charge on any atom is 0.259 e. The molecule has 0 fully saturated rings. The van der Waals surface area contributed by atoms with Crippen molar-refractivity contribution >= 4 is 50.4 Å². The predicted molar refractivity (Wildman–Crippen MR) is 149 cm³/mol. The van der Waals surface area contributed by atoms with Crippen molar-refractivity contribution in [1.82, 2.24) is 4.98 Å². The predicted octanol–water partition coefficient (Wildman–Crippen LogP) is 7.06. The molecule has 36 heavy (non-hydrogen) atoms. The highest BCUT2D eigenvalue weighted by Gasteiger charge is 2.24. The van der Waals surface area contributed by atoms with Crippen LogP contribution in [0.3, 0.4) is 0 Å². The van der Waals surface area contributed by atoms with Gasteiger partial charge in [0.25, 0.3) is 5.91 Å². The van der Waals surface area contributed by atoms with Crippen LogP contribution in [0, 0.1) is 0 Å². The number of benzene rings is 2. The molecular weight excluding hydrogens is 537 g/mol. The van der Waals surface area contributed by atoms with Gasteiger partial charge < -0.3 is 5.11 Å². The Morgan fingerprint density at radius 3 is 2.14 bits per heavy atom. The molecule has 1 unspecified atom stereocenters. The molecule has 1 amide bonds.